The van der Waals surface area contributed by atoms with Crippen molar-refractivity contribution in [3.8, 4) is 10.7 Å². The molecule has 0 aliphatic heterocycles. The van der Waals surface area contributed by atoms with Gasteiger partial charge < -0.3 is 0 Å². The highest BCUT2D eigenvalue weighted by Crippen LogP contribution is 2.23. The van der Waals surface area contributed by atoms with Crippen molar-refractivity contribution < 1.29 is 0 Å². The predicted molar refractivity (Wildman–Crippen MR) is 65.6 cm³/mol. The van der Waals surface area contributed by atoms with E-state index in [1.807, 2.05) is 13.0 Å². The van der Waals surface area contributed by atoms with Gasteiger partial charge in [0.25, 0.3) is 0 Å². The van der Waals surface area contributed by atoms with Gasteiger partial charge in [0.1, 0.15) is 5.15 Å². The molecule has 2 aromatic rings. The Hall–Kier alpha value is -0.270. The summed E-state index contributed by atoms with van der Waals surface area (Å²) in [6.07, 6.45) is 1.71. The molecular weight excluding hydrogens is 333 g/mol. The van der Waals surface area contributed by atoms with Crippen LogP contribution in [0.4, 0.5) is 0 Å². The molecule has 0 N–H and O–H groups in total. The van der Waals surface area contributed by atoms with Crippen LogP contribution in [-0.4, -0.2) is 14.3 Å². The Morgan fingerprint density at radius 1 is 1.50 bits per heavy atom. The van der Waals surface area contributed by atoms with Crippen LogP contribution < -0.4 is 0 Å². The van der Waals surface area contributed by atoms with E-state index in [1.165, 1.54) is 11.5 Å². The summed E-state index contributed by atoms with van der Waals surface area (Å²) < 4.78 is 5.02. The third-order valence-electron chi connectivity index (χ3n) is 1.55. The molecule has 0 unspecified atom stereocenters. The summed E-state index contributed by atoms with van der Waals surface area (Å²) in [5.74, 6) is 0.640. The standard InChI is InChI=1S/C8H5ClIN3S/c1-4-2-6(14-13-4)8-11-3-5(10)7(9)12-8/h2-3H,1H3. The fourth-order valence-electron chi connectivity index (χ4n) is 0.934. The van der Waals surface area contributed by atoms with E-state index in [1.54, 1.807) is 6.20 Å². The third-order valence-corrected chi connectivity index (χ3v) is 3.82. The van der Waals surface area contributed by atoms with Gasteiger partial charge in [0.05, 0.1) is 14.1 Å². The van der Waals surface area contributed by atoms with Crippen molar-refractivity contribution in [2.75, 3.05) is 0 Å². The van der Waals surface area contributed by atoms with Crippen molar-refractivity contribution in [2.24, 2.45) is 0 Å². The minimum atomic E-state index is 0.488. The largest absolute Gasteiger partial charge is 0.235 e. The molecule has 2 heterocycles. The molecule has 2 aromatic heterocycles. The minimum Gasteiger partial charge on any atom is -0.235 e. The molecule has 72 valence electrons. The smallest absolute Gasteiger partial charge is 0.172 e. The summed E-state index contributed by atoms with van der Waals surface area (Å²) in [7, 11) is 0. The average molecular weight is 338 g/mol. The zero-order valence-corrected chi connectivity index (χ0v) is 10.9. The summed E-state index contributed by atoms with van der Waals surface area (Å²) in [6.45, 7) is 1.94. The second-order valence-electron chi connectivity index (χ2n) is 2.66. The van der Waals surface area contributed by atoms with Crippen LogP contribution in [0, 0.1) is 10.5 Å². The monoisotopic (exact) mass is 337 g/mol. The van der Waals surface area contributed by atoms with Crippen LogP contribution in [0.1, 0.15) is 5.69 Å². The molecule has 0 saturated carbocycles. The lowest BCUT2D eigenvalue weighted by Gasteiger charge is -1.96. The molecule has 0 aromatic carbocycles. The highest BCUT2D eigenvalue weighted by Gasteiger charge is 2.07. The van der Waals surface area contributed by atoms with E-state index in [9.17, 15) is 0 Å². The number of rotatable bonds is 1. The summed E-state index contributed by atoms with van der Waals surface area (Å²) in [5, 5.41) is 0.488. The maximum atomic E-state index is 5.90. The van der Waals surface area contributed by atoms with E-state index in [-0.39, 0.29) is 0 Å². The topological polar surface area (TPSA) is 38.7 Å². The Balaban J connectivity index is 2.47. The van der Waals surface area contributed by atoms with Gasteiger partial charge in [0.15, 0.2) is 5.82 Å². The Morgan fingerprint density at radius 2 is 2.29 bits per heavy atom. The first-order chi connectivity index (χ1) is 6.66. The Morgan fingerprint density at radius 3 is 2.86 bits per heavy atom. The third kappa shape index (κ3) is 2.04. The molecule has 6 heteroatoms. The highest BCUT2D eigenvalue weighted by molar-refractivity contribution is 14.1. The number of hydrogen-bond donors (Lipinski definition) is 0. The van der Waals surface area contributed by atoms with Gasteiger partial charge in [0, 0.05) is 6.20 Å². The van der Waals surface area contributed by atoms with Crippen LogP contribution in [0.15, 0.2) is 12.3 Å². The molecule has 0 radical (unpaired) electrons. The second-order valence-corrected chi connectivity index (χ2v) is 4.99. The van der Waals surface area contributed by atoms with Gasteiger partial charge in [0.2, 0.25) is 0 Å². The first-order valence-corrected chi connectivity index (χ1v) is 6.01. The molecule has 0 saturated heterocycles. The van der Waals surface area contributed by atoms with Gasteiger partial charge in [-0.2, -0.15) is 4.37 Å². The van der Waals surface area contributed by atoms with Gasteiger partial charge in [-0.3, -0.25) is 0 Å². The molecular formula is C8H5ClIN3S. The zero-order valence-electron chi connectivity index (χ0n) is 7.16. The molecule has 0 aliphatic rings. The lowest BCUT2D eigenvalue weighted by Crippen LogP contribution is -1.89. The Labute approximate surface area is 104 Å². The van der Waals surface area contributed by atoms with Crippen LogP contribution in [0.25, 0.3) is 10.7 Å². The first-order valence-electron chi connectivity index (χ1n) is 3.78. The average Bonchev–Trinajstić information content (AvgIpc) is 2.57. The SMILES string of the molecule is Cc1cc(-c2ncc(I)c(Cl)n2)sn1. The van der Waals surface area contributed by atoms with Crippen molar-refractivity contribution in [3.05, 3.63) is 26.7 Å². The molecule has 0 bridgehead atoms. The molecule has 14 heavy (non-hydrogen) atoms. The second kappa shape index (κ2) is 4.08. The van der Waals surface area contributed by atoms with Crippen molar-refractivity contribution in [1.82, 2.24) is 14.3 Å². The maximum Gasteiger partial charge on any atom is 0.172 e. The first kappa shape index (κ1) is 10.3. The normalized spacial score (nSPS) is 10.5. The summed E-state index contributed by atoms with van der Waals surface area (Å²) in [4.78, 5) is 9.31. The maximum absolute atomic E-state index is 5.90. The van der Waals surface area contributed by atoms with Crippen molar-refractivity contribution in [3.63, 3.8) is 0 Å². The van der Waals surface area contributed by atoms with Crippen LogP contribution in [-0.2, 0) is 0 Å². The molecule has 0 atom stereocenters. The van der Waals surface area contributed by atoms with E-state index in [4.69, 9.17) is 11.6 Å². The van der Waals surface area contributed by atoms with Crippen LogP contribution >= 0.6 is 45.7 Å². The van der Waals surface area contributed by atoms with E-state index < -0.39 is 0 Å². The fourth-order valence-corrected chi connectivity index (χ4v) is 2.02. The van der Waals surface area contributed by atoms with Gasteiger partial charge in [-0.05, 0) is 47.1 Å². The number of aromatic nitrogens is 3. The van der Waals surface area contributed by atoms with Gasteiger partial charge in [-0.25, -0.2) is 9.97 Å². The zero-order chi connectivity index (χ0) is 10.1. The fraction of sp³-hybridized carbons (Fsp3) is 0.125. The lowest BCUT2D eigenvalue weighted by molar-refractivity contribution is 1.17. The van der Waals surface area contributed by atoms with Gasteiger partial charge >= 0.3 is 0 Å². The van der Waals surface area contributed by atoms with Gasteiger partial charge in [-0.1, -0.05) is 11.6 Å². The predicted octanol–water partition coefficient (Wildman–Crippen LogP) is 3.17. The number of nitrogens with zero attached hydrogens (tertiary/aromatic N) is 3. The Kier molecular flexibility index (Phi) is 2.99. The molecule has 0 fully saturated rings. The summed E-state index contributed by atoms with van der Waals surface area (Å²) in [6, 6.07) is 1.95. The van der Waals surface area contributed by atoms with E-state index >= 15 is 0 Å². The van der Waals surface area contributed by atoms with Crippen molar-refractivity contribution in [2.45, 2.75) is 6.92 Å². The summed E-state index contributed by atoms with van der Waals surface area (Å²) in [5.41, 5.74) is 0.975. The van der Waals surface area contributed by atoms with Gasteiger partial charge in [-0.15, -0.1) is 0 Å². The Bertz CT molecular complexity index is 471. The van der Waals surface area contributed by atoms with Crippen LogP contribution in [0.5, 0.6) is 0 Å². The molecule has 2 rings (SSSR count). The van der Waals surface area contributed by atoms with Crippen LogP contribution in [0.2, 0.25) is 5.15 Å². The van der Waals surface area contributed by atoms with Crippen LogP contribution in [0.3, 0.4) is 0 Å². The molecule has 0 spiro atoms. The number of halogens is 2. The van der Waals surface area contributed by atoms with E-state index in [2.05, 4.69) is 36.9 Å². The number of aryl methyl sites for hydroxylation is 1. The van der Waals surface area contributed by atoms with Crippen molar-refractivity contribution in [1.29, 1.82) is 0 Å². The molecule has 3 nitrogen and oxygen atoms in total. The quantitative estimate of drug-likeness (QED) is 0.593. The molecule has 0 aliphatic carbocycles. The highest BCUT2D eigenvalue weighted by atomic mass is 127. The lowest BCUT2D eigenvalue weighted by atomic mass is 10.4. The molecule has 0 amide bonds. The van der Waals surface area contributed by atoms with E-state index in [0.29, 0.717) is 11.0 Å². The number of hydrogen-bond acceptors (Lipinski definition) is 4. The van der Waals surface area contributed by atoms with Crippen molar-refractivity contribution >= 4 is 45.7 Å². The minimum absolute atomic E-state index is 0.488. The summed E-state index contributed by atoms with van der Waals surface area (Å²) >= 11 is 9.37. The van der Waals surface area contributed by atoms with E-state index in [0.717, 1.165) is 14.1 Å².